The van der Waals surface area contributed by atoms with Crippen LogP contribution < -0.4 is 0 Å². The lowest BCUT2D eigenvalue weighted by molar-refractivity contribution is -0.140. The first-order chi connectivity index (χ1) is 14.9. The van der Waals surface area contributed by atoms with E-state index in [0.717, 1.165) is 5.56 Å². The number of benzene rings is 2. The largest absolute Gasteiger partial charge is 0.481 e. The number of aliphatic carboxylic acids is 1. The summed E-state index contributed by atoms with van der Waals surface area (Å²) < 4.78 is 5.43. The first-order valence-corrected chi connectivity index (χ1v) is 9.80. The minimum atomic E-state index is -1.09. The van der Waals surface area contributed by atoms with E-state index in [1.807, 2.05) is 36.4 Å². The van der Waals surface area contributed by atoms with Gasteiger partial charge in [0.1, 0.15) is 12.5 Å². The van der Waals surface area contributed by atoms with Gasteiger partial charge in [0.15, 0.2) is 0 Å². The molecular formula is C25H22N2O4. The number of nitrogens with zero attached hydrogens (tertiary/aromatic N) is 2. The van der Waals surface area contributed by atoms with Crippen molar-refractivity contribution in [2.24, 2.45) is 10.9 Å². The van der Waals surface area contributed by atoms with Gasteiger partial charge in [-0.3, -0.25) is 9.79 Å². The molecule has 0 spiro atoms. The van der Waals surface area contributed by atoms with Crippen LogP contribution in [0.3, 0.4) is 0 Å². The van der Waals surface area contributed by atoms with Crippen molar-refractivity contribution in [3.8, 4) is 6.07 Å². The average molecular weight is 414 g/mol. The van der Waals surface area contributed by atoms with Crippen molar-refractivity contribution in [3.05, 3.63) is 88.6 Å². The highest BCUT2D eigenvalue weighted by molar-refractivity contribution is 6.06. The fourth-order valence-electron chi connectivity index (χ4n) is 3.73. The lowest BCUT2D eigenvalue weighted by Gasteiger charge is -2.30. The molecule has 0 aromatic heterocycles. The van der Waals surface area contributed by atoms with E-state index in [0.29, 0.717) is 22.5 Å². The molecule has 6 nitrogen and oxygen atoms in total. The molecule has 0 saturated heterocycles. The molecule has 0 bridgehead atoms. The van der Waals surface area contributed by atoms with E-state index in [-0.39, 0.29) is 12.2 Å². The van der Waals surface area contributed by atoms with Gasteiger partial charge < -0.3 is 9.84 Å². The van der Waals surface area contributed by atoms with Crippen LogP contribution in [-0.4, -0.2) is 29.4 Å². The van der Waals surface area contributed by atoms with Gasteiger partial charge in [0.05, 0.1) is 17.2 Å². The van der Waals surface area contributed by atoms with Crippen molar-refractivity contribution >= 4 is 23.7 Å². The third-order valence-corrected chi connectivity index (χ3v) is 5.11. The summed E-state index contributed by atoms with van der Waals surface area (Å²) in [6.45, 7) is 3.34. The summed E-state index contributed by atoms with van der Waals surface area (Å²) in [5.74, 6) is -3.53. The van der Waals surface area contributed by atoms with Gasteiger partial charge in [-0.25, -0.2) is 4.79 Å². The van der Waals surface area contributed by atoms with Gasteiger partial charge in [-0.15, -0.1) is 0 Å². The number of hydrogen-bond acceptors (Lipinski definition) is 5. The molecule has 156 valence electrons. The summed E-state index contributed by atoms with van der Waals surface area (Å²) in [6.07, 6.45) is 3.56. The molecule has 1 aliphatic heterocycles. The highest BCUT2D eigenvalue weighted by atomic mass is 16.5. The average Bonchev–Trinajstić information content (AvgIpc) is 2.76. The maximum atomic E-state index is 13.0. The number of rotatable bonds is 6. The molecule has 2 aromatic rings. The molecule has 6 heteroatoms. The third kappa shape index (κ3) is 4.96. The Hall–Kier alpha value is -3.98. The van der Waals surface area contributed by atoms with Crippen LogP contribution >= 0.6 is 0 Å². The Morgan fingerprint density at radius 1 is 1.16 bits per heavy atom. The second-order valence-corrected chi connectivity index (χ2v) is 7.19. The van der Waals surface area contributed by atoms with Crippen molar-refractivity contribution in [1.29, 1.82) is 5.26 Å². The standard InChI is InChI=1S/C25H22N2O4/c1-16-21(24(28)29)23(20-12-6-10-19(14-20)15-26)22(17(2)27-16)25(30)31-13-7-11-18-8-4-3-5-9-18/h3-12,14,21,23H,13H2,1-2H3,(H,28,29). The van der Waals surface area contributed by atoms with E-state index < -0.39 is 23.8 Å². The fourth-order valence-corrected chi connectivity index (χ4v) is 3.73. The fraction of sp³-hybridized carbons (Fsp3) is 0.200. The van der Waals surface area contributed by atoms with Gasteiger partial charge in [0.2, 0.25) is 0 Å². The smallest absolute Gasteiger partial charge is 0.336 e. The summed E-state index contributed by atoms with van der Waals surface area (Å²) in [6, 6.07) is 18.3. The van der Waals surface area contributed by atoms with Gasteiger partial charge in [0.25, 0.3) is 0 Å². The molecular weight excluding hydrogens is 392 g/mol. The van der Waals surface area contributed by atoms with Crippen molar-refractivity contribution in [3.63, 3.8) is 0 Å². The van der Waals surface area contributed by atoms with Crippen molar-refractivity contribution in [2.45, 2.75) is 19.8 Å². The molecule has 0 radical (unpaired) electrons. The summed E-state index contributed by atoms with van der Waals surface area (Å²) in [7, 11) is 0. The molecule has 0 amide bonds. The van der Waals surface area contributed by atoms with Crippen LogP contribution in [0.2, 0.25) is 0 Å². The van der Waals surface area contributed by atoms with E-state index in [4.69, 9.17) is 4.74 Å². The number of carboxylic acid groups (broad SMARTS) is 1. The molecule has 3 rings (SSSR count). The summed E-state index contributed by atoms with van der Waals surface area (Å²) in [5, 5.41) is 19.1. The van der Waals surface area contributed by atoms with Crippen molar-refractivity contribution in [2.75, 3.05) is 6.61 Å². The van der Waals surface area contributed by atoms with E-state index in [9.17, 15) is 20.0 Å². The number of allylic oxidation sites excluding steroid dienone is 1. The zero-order valence-corrected chi connectivity index (χ0v) is 17.3. The molecule has 1 N–H and O–H groups in total. The first-order valence-electron chi connectivity index (χ1n) is 9.80. The van der Waals surface area contributed by atoms with Crippen LogP contribution in [0.15, 0.2) is 76.9 Å². The Labute approximate surface area is 180 Å². The number of carbonyl (C=O) groups is 2. The highest BCUT2D eigenvalue weighted by Crippen LogP contribution is 2.39. The summed E-state index contributed by atoms with van der Waals surface area (Å²) in [5.41, 5.74) is 2.94. The molecule has 31 heavy (non-hydrogen) atoms. The maximum Gasteiger partial charge on any atom is 0.336 e. The zero-order chi connectivity index (χ0) is 22.4. The van der Waals surface area contributed by atoms with Gasteiger partial charge in [0, 0.05) is 17.3 Å². The lowest BCUT2D eigenvalue weighted by Crippen LogP contribution is -2.35. The number of carboxylic acids is 1. The Morgan fingerprint density at radius 2 is 1.90 bits per heavy atom. The number of ether oxygens (including phenoxy) is 1. The number of nitriles is 1. The Balaban J connectivity index is 1.91. The molecule has 0 fully saturated rings. The number of carbonyl (C=O) groups excluding carboxylic acids is 1. The summed E-state index contributed by atoms with van der Waals surface area (Å²) in [4.78, 5) is 29.4. The van der Waals surface area contributed by atoms with Gasteiger partial charge >= 0.3 is 11.9 Å². The molecule has 1 aliphatic rings. The van der Waals surface area contributed by atoms with Crippen LogP contribution in [0, 0.1) is 17.2 Å². The van der Waals surface area contributed by atoms with Gasteiger partial charge in [-0.05, 0) is 43.2 Å². The third-order valence-electron chi connectivity index (χ3n) is 5.11. The van der Waals surface area contributed by atoms with E-state index in [1.54, 1.807) is 44.2 Å². The number of aliphatic imine (C=N–C) groups is 1. The van der Waals surface area contributed by atoms with Crippen LogP contribution in [0.25, 0.3) is 6.08 Å². The zero-order valence-electron chi connectivity index (χ0n) is 17.3. The van der Waals surface area contributed by atoms with Crippen molar-refractivity contribution in [1.82, 2.24) is 0 Å². The molecule has 0 aliphatic carbocycles. The van der Waals surface area contributed by atoms with Crippen LogP contribution in [0.5, 0.6) is 0 Å². The SMILES string of the molecule is CC1=NC(C)=C(C(=O)OCC=Cc2ccccc2)C(c2cccc(C#N)c2)C1C(=O)O. The minimum Gasteiger partial charge on any atom is -0.481 e. The second-order valence-electron chi connectivity index (χ2n) is 7.19. The predicted octanol–water partition coefficient (Wildman–Crippen LogP) is 4.35. The molecule has 2 aromatic carbocycles. The predicted molar refractivity (Wildman–Crippen MR) is 117 cm³/mol. The van der Waals surface area contributed by atoms with E-state index >= 15 is 0 Å². The Kier molecular flexibility index (Phi) is 6.78. The van der Waals surface area contributed by atoms with Crippen LogP contribution in [0.1, 0.15) is 36.5 Å². The normalized spacial score (nSPS) is 18.4. The lowest BCUT2D eigenvalue weighted by atomic mass is 9.75. The van der Waals surface area contributed by atoms with Crippen LogP contribution in [-0.2, 0) is 14.3 Å². The van der Waals surface area contributed by atoms with Gasteiger partial charge in [-0.1, -0.05) is 48.5 Å². The second kappa shape index (κ2) is 9.68. The number of esters is 1. The first kappa shape index (κ1) is 21.7. The molecule has 2 atom stereocenters. The quantitative estimate of drug-likeness (QED) is 0.709. The monoisotopic (exact) mass is 414 g/mol. The van der Waals surface area contributed by atoms with E-state index in [2.05, 4.69) is 11.1 Å². The Bertz CT molecular complexity index is 1120. The molecule has 2 unspecified atom stereocenters. The van der Waals surface area contributed by atoms with Crippen LogP contribution in [0.4, 0.5) is 0 Å². The minimum absolute atomic E-state index is 0.0376. The molecule has 0 saturated carbocycles. The summed E-state index contributed by atoms with van der Waals surface area (Å²) >= 11 is 0. The van der Waals surface area contributed by atoms with Crippen molar-refractivity contribution < 1.29 is 19.4 Å². The van der Waals surface area contributed by atoms with E-state index in [1.165, 1.54) is 0 Å². The van der Waals surface area contributed by atoms with Gasteiger partial charge in [-0.2, -0.15) is 5.26 Å². The molecule has 1 heterocycles. The number of hydrogen-bond donors (Lipinski definition) is 1. The Morgan fingerprint density at radius 3 is 2.58 bits per heavy atom. The topological polar surface area (TPSA) is 99.8 Å². The maximum absolute atomic E-state index is 13.0. The highest BCUT2D eigenvalue weighted by Gasteiger charge is 2.41.